The molecule has 0 spiro atoms. The van der Waals surface area contributed by atoms with Gasteiger partial charge in [-0.2, -0.15) is 0 Å². The highest BCUT2D eigenvalue weighted by atomic mass is 32.2. The van der Waals surface area contributed by atoms with Crippen LogP contribution >= 0.6 is 0 Å². The zero-order valence-corrected chi connectivity index (χ0v) is 13.7. The Labute approximate surface area is 126 Å². The van der Waals surface area contributed by atoms with Crippen molar-refractivity contribution in [2.45, 2.75) is 44.0 Å². The molecule has 0 aromatic heterocycles. The Morgan fingerprint density at radius 1 is 1.29 bits per heavy atom. The van der Waals surface area contributed by atoms with Crippen LogP contribution in [-0.2, 0) is 26.5 Å². The van der Waals surface area contributed by atoms with E-state index in [9.17, 15) is 16.8 Å². The molecule has 2 N–H and O–H groups in total. The Kier molecular flexibility index (Phi) is 4.32. The highest BCUT2D eigenvalue weighted by Gasteiger charge is 2.35. The van der Waals surface area contributed by atoms with Gasteiger partial charge in [0.1, 0.15) is 0 Å². The molecule has 0 bridgehead atoms. The Balaban J connectivity index is 2.43. The van der Waals surface area contributed by atoms with E-state index >= 15 is 0 Å². The maximum absolute atomic E-state index is 12.4. The lowest BCUT2D eigenvalue weighted by Gasteiger charge is -2.24. The van der Waals surface area contributed by atoms with Crippen molar-refractivity contribution in [2.75, 3.05) is 10.1 Å². The van der Waals surface area contributed by atoms with E-state index in [1.807, 2.05) is 13.8 Å². The fourth-order valence-corrected chi connectivity index (χ4v) is 5.12. The van der Waals surface area contributed by atoms with E-state index in [2.05, 4.69) is 0 Å². The Hall–Kier alpha value is -1.12. The molecule has 1 aromatic rings. The first-order valence-corrected chi connectivity index (χ1v) is 10.00. The molecule has 0 radical (unpaired) electrons. The van der Waals surface area contributed by atoms with Crippen molar-refractivity contribution in [1.82, 2.24) is 0 Å². The fourth-order valence-electron chi connectivity index (χ4n) is 2.61. The van der Waals surface area contributed by atoms with Crippen molar-refractivity contribution in [3.05, 3.63) is 23.8 Å². The third kappa shape index (κ3) is 3.22. The SMILES string of the molecule is CCCCS(=O)(=O)N1c2ccc(S(N)(=O)=O)cc2C[C@H]1C. The van der Waals surface area contributed by atoms with Crippen molar-refractivity contribution >= 4 is 25.7 Å². The standard InChI is InChI=1S/C13H20N2O4S2/c1-3-4-7-20(16,17)15-10(2)8-11-9-12(21(14,18)19)5-6-13(11)15/h5-6,9-10H,3-4,7-8H2,1-2H3,(H2,14,18,19)/t10-/m1/s1. The van der Waals surface area contributed by atoms with E-state index in [4.69, 9.17) is 5.14 Å². The van der Waals surface area contributed by atoms with Crippen LogP contribution in [0.5, 0.6) is 0 Å². The molecule has 0 saturated carbocycles. The quantitative estimate of drug-likeness (QED) is 0.876. The molecule has 21 heavy (non-hydrogen) atoms. The second kappa shape index (κ2) is 5.58. The van der Waals surface area contributed by atoms with Gasteiger partial charge in [0.25, 0.3) is 0 Å². The topological polar surface area (TPSA) is 97.5 Å². The van der Waals surface area contributed by atoms with Crippen molar-refractivity contribution in [3.63, 3.8) is 0 Å². The molecule has 1 aliphatic rings. The minimum atomic E-state index is -3.78. The van der Waals surface area contributed by atoms with Crippen molar-refractivity contribution in [3.8, 4) is 0 Å². The van der Waals surface area contributed by atoms with Gasteiger partial charge >= 0.3 is 0 Å². The number of primary sulfonamides is 1. The van der Waals surface area contributed by atoms with Gasteiger partial charge in [-0.1, -0.05) is 13.3 Å². The van der Waals surface area contributed by atoms with Gasteiger partial charge in [0.05, 0.1) is 16.3 Å². The lowest BCUT2D eigenvalue weighted by atomic mass is 10.1. The number of hydrogen-bond acceptors (Lipinski definition) is 4. The van der Waals surface area contributed by atoms with Gasteiger partial charge in [-0.05, 0) is 43.5 Å². The summed E-state index contributed by atoms with van der Waals surface area (Å²) in [5.74, 6) is 0.101. The molecule has 0 amide bonds. The van der Waals surface area contributed by atoms with E-state index < -0.39 is 20.0 Å². The highest BCUT2D eigenvalue weighted by Crippen LogP contribution is 2.36. The summed E-state index contributed by atoms with van der Waals surface area (Å²) < 4.78 is 49.0. The third-order valence-electron chi connectivity index (χ3n) is 3.59. The van der Waals surface area contributed by atoms with Gasteiger partial charge in [-0.3, -0.25) is 4.31 Å². The molecule has 1 heterocycles. The predicted molar refractivity (Wildman–Crippen MR) is 82.2 cm³/mol. The molecule has 1 aliphatic heterocycles. The van der Waals surface area contributed by atoms with E-state index in [1.54, 1.807) is 0 Å². The monoisotopic (exact) mass is 332 g/mol. The summed E-state index contributed by atoms with van der Waals surface area (Å²) >= 11 is 0. The summed E-state index contributed by atoms with van der Waals surface area (Å²) in [6, 6.07) is 4.14. The van der Waals surface area contributed by atoms with Crippen molar-refractivity contribution in [1.29, 1.82) is 0 Å². The van der Waals surface area contributed by atoms with Crippen LogP contribution in [-0.4, -0.2) is 28.6 Å². The van der Waals surface area contributed by atoms with Crippen LogP contribution in [0.25, 0.3) is 0 Å². The van der Waals surface area contributed by atoms with Crippen molar-refractivity contribution < 1.29 is 16.8 Å². The molecule has 0 saturated heterocycles. The van der Waals surface area contributed by atoms with Gasteiger partial charge in [-0.15, -0.1) is 0 Å². The first-order chi connectivity index (χ1) is 9.66. The maximum Gasteiger partial charge on any atom is 0.238 e. The summed E-state index contributed by atoms with van der Waals surface area (Å²) in [7, 11) is -7.16. The zero-order chi connectivity index (χ0) is 15.8. The summed E-state index contributed by atoms with van der Waals surface area (Å²) in [5, 5.41) is 5.11. The molecule has 8 heteroatoms. The molecule has 1 aromatic carbocycles. The summed E-state index contributed by atoms with van der Waals surface area (Å²) in [6.45, 7) is 3.76. The van der Waals surface area contributed by atoms with Crippen LogP contribution in [0, 0.1) is 0 Å². The van der Waals surface area contributed by atoms with Crippen LogP contribution in [0.1, 0.15) is 32.3 Å². The lowest BCUT2D eigenvalue weighted by molar-refractivity contribution is 0.580. The number of unbranched alkanes of at least 4 members (excludes halogenated alkanes) is 1. The molecule has 0 fully saturated rings. The molecule has 1 atom stereocenters. The minimum absolute atomic E-state index is 0.0151. The van der Waals surface area contributed by atoms with Crippen LogP contribution in [0.4, 0.5) is 5.69 Å². The fraction of sp³-hybridized carbons (Fsp3) is 0.538. The highest BCUT2D eigenvalue weighted by molar-refractivity contribution is 7.92. The maximum atomic E-state index is 12.4. The van der Waals surface area contributed by atoms with Gasteiger partial charge < -0.3 is 0 Å². The number of hydrogen-bond donors (Lipinski definition) is 1. The van der Waals surface area contributed by atoms with Gasteiger partial charge in [-0.25, -0.2) is 22.0 Å². The molecular weight excluding hydrogens is 312 g/mol. The normalized spacial score (nSPS) is 18.8. The molecule has 0 aliphatic carbocycles. The van der Waals surface area contributed by atoms with Gasteiger partial charge in [0.15, 0.2) is 0 Å². The van der Waals surface area contributed by atoms with Crippen molar-refractivity contribution in [2.24, 2.45) is 5.14 Å². The van der Waals surface area contributed by atoms with E-state index in [0.29, 0.717) is 24.1 Å². The number of fused-ring (bicyclic) bond motifs is 1. The Bertz CT molecular complexity index is 741. The first kappa shape index (κ1) is 16.3. The number of sulfonamides is 2. The van der Waals surface area contributed by atoms with Crippen LogP contribution in [0.2, 0.25) is 0 Å². The number of rotatable bonds is 5. The molecular formula is C13H20N2O4S2. The minimum Gasteiger partial charge on any atom is -0.267 e. The van der Waals surface area contributed by atoms with Crippen LogP contribution < -0.4 is 9.44 Å². The second-order valence-corrected chi connectivity index (χ2v) is 8.88. The number of nitrogens with two attached hydrogens (primary N) is 1. The third-order valence-corrected chi connectivity index (χ3v) is 6.46. The van der Waals surface area contributed by atoms with Crippen LogP contribution in [0.3, 0.4) is 0 Å². The largest absolute Gasteiger partial charge is 0.267 e. The zero-order valence-electron chi connectivity index (χ0n) is 12.1. The molecule has 6 nitrogen and oxygen atoms in total. The van der Waals surface area contributed by atoms with E-state index in [-0.39, 0.29) is 16.7 Å². The predicted octanol–water partition coefficient (Wildman–Crippen LogP) is 1.21. The Morgan fingerprint density at radius 2 is 1.95 bits per heavy atom. The average Bonchev–Trinajstić information content (AvgIpc) is 2.70. The Morgan fingerprint density at radius 3 is 2.52 bits per heavy atom. The van der Waals surface area contributed by atoms with Gasteiger partial charge in [0.2, 0.25) is 20.0 Å². The number of nitrogens with zero attached hydrogens (tertiary/aromatic N) is 1. The summed E-state index contributed by atoms with van der Waals surface area (Å²) in [4.78, 5) is 0.0151. The first-order valence-electron chi connectivity index (χ1n) is 6.84. The van der Waals surface area contributed by atoms with Gasteiger partial charge in [0, 0.05) is 6.04 Å². The molecule has 2 rings (SSSR count). The smallest absolute Gasteiger partial charge is 0.238 e. The molecule has 118 valence electrons. The number of benzene rings is 1. The average molecular weight is 332 g/mol. The second-order valence-electron chi connectivity index (χ2n) is 5.35. The lowest BCUT2D eigenvalue weighted by Crippen LogP contribution is -2.37. The van der Waals surface area contributed by atoms with E-state index in [1.165, 1.54) is 22.5 Å². The molecule has 0 unspecified atom stereocenters. The van der Waals surface area contributed by atoms with Crippen LogP contribution in [0.15, 0.2) is 23.1 Å². The number of anilines is 1. The summed E-state index contributed by atoms with van der Waals surface area (Å²) in [6.07, 6.45) is 1.90. The van der Waals surface area contributed by atoms with E-state index in [0.717, 1.165) is 6.42 Å². The summed E-state index contributed by atoms with van der Waals surface area (Å²) in [5.41, 5.74) is 1.26.